The molecule has 1 amide bonds. The maximum atomic E-state index is 11.6. The van der Waals surface area contributed by atoms with Crippen LogP contribution in [0.2, 0.25) is 0 Å². The zero-order chi connectivity index (χ0) is 28.2. The minimum Gasteiger partial charge on any atom is -0.393 e. The molecule has 0 spiro atoms. The van der Waals surface area contributed by atoms with Crippen LogP contribution in [0, 0.1) is 34.5 Å². The number of amides is 1. The second-order valence-corrected chi connectivity index (χ2v) is 14.0. The number of primary amides is 1. The van der Waals surface area contributed by atoms with Gasteiger partial charge in [0.1, 0.15) is 0 Å². The molecule has 3 N–H and O–H groups in total. The number of aliphatic hydroxyl groups excluding tert-OH is 1. The van der Waals surface area contributed by atoms with Gasteiger partial charge in [-0.05, 0) is 145 Å². The first-order valence-electron chi connectivity index (χ1n) is 16.0. The summed E-state index contributed by atoms with van der Waals surface area (Å²) < 4.78 is 0. The van der Waals surface area contributed by atoms with Gasteiger partial charge in [0.25, 0.3) is 0 Å². The van der Waals surface area contributed by atoms with Gasteiger partial charge in [0.2, 0.25) is 0 Å². The molecule has 0 heterocycles. The highest BCUT2D eigenvalue weighted by Crippen LogP contribution is 2.66. The Morgan fingerprint density at radius 3 is 2.61 bits per heavy atom. The first kappa shape index (κ1) is 26.9. The Balaban J connectivity index is 1.16. The summed E-state index contributed by atoms with van der Waals surface area (Å²) in [4.78, 5) is 16.7. The fraction of sp³-hybridized carbons (Fsp3) is 0.556. The Morgan fingerprint density at radius 1 is 0.976 bits per heavy atom. The lowest BCUT2D eigenvalue weighted by atomic mass is 9.44. The number of nitrogens with zero attached hydrogens (tertiary/aromatic N) is 1. The zero-order valence-electron chi connectivity index (χ0n) is 24.4. The molecule has 4 saturated carbocycles. The van der Waals surface area contributed by atoms with Crippen LogP contribution in [0.1, 0.15) is 83.1 Å². The van der Waals surface area contributed by atoms with Crippen LogP contribution in [0.25, 0.3) is 21.5 Å². The van der Waals surface area contributed by atoms with E-state index < -0.39 is 6.09 Å². The van der Waals surface area contributed by atoms with Crippen molar-refractivity contribution in [3.63, 3.8) is 0 Å². The number of fused-ring (bicyclic) bond motifs is 7. The van der Waals surface area contributed by atoms with Crippen LogP contribution in [0.4, 0.5) is 4.79 Å². The molecule has 7 atom stereocenters. The fourth-order valence-corrected chi connectivity index (χ4v) is 10.4. The van der Waals surface area contributed by atoms with Crippen molar-refractivity contribution in [3.05, 3.63) is 60.2 Å². The molecule has 0 aromatic heterocycles. The van der Waals surface area contributed by atoms with Crippen LogP contribution in [-0.2, 0) is 11.3 Å². The average Bonchev–Trinajstić information content (AvgIpc) is 3.34. The highest BCUT2D eigenvalue weighted by atomic mass is 16.7. The van der Waals surface area contributed by atoms with Crippen molar-refractivity contribution in [2.45, 2.75) is 90.1 Å². The van der Waals surface area contributed by atoms with Crippen LogP contribution < -0.4 is 5.73 Å². The van der Waals surface area contributed by atoms with E-state index in [-0.39, 0.29) is 11.5 Å². The van der Waals surface area contributed by atoms with E-state index in [2.05, 4.69) is 66.7 Å². The van der Waals surface area contributed by atoms with E-state index in [4.69, 9.17) is 10.6 Å². The smallest absolute Gasteiger partial charge is 0.393 e. The number of oxime groups is 1. The molecule has 3 aromatic carbocycles. The number of aliphatic hydroxyl groups is 1. The zero-order valence-corrected chi connectivity index (χ0v) is 24.4. The van der Waals surface area contributed by atoms with Gasteiger partial charge in [-0.25, -0.2) is 4.79 Å². The van der Waals surface area contributed by atoms with Crippen LogP contribution in [0.5, 0.6) is 0 Å². The SMILES string of the molecule is C[C@]12CC[C@@H](O)C[C@@H]1CC[C@H]1[C@@H]3CCC(=NOC(N)=O)[C@@]3(CCCc3cccc4cc5ccccc5cc34)CC[C@@H]12. The van der Waals surface area contributed by atoms with Gasteiger partial charge in [-0.1, -0.05) is 54.5 Å². The van der Waals surface area contributed by atoms with Crippen LogP contribution in [-0.4, -0.2) is 23.0 Å². The van der Waals surface area contributed by atoms with Crippen LogP contribution in [0.15, 0.2) is 59.8 Å². The summed E-state index contributed by atoms with van der Waals surface area (Å²) in [7, 11) is 0. The minimum absolute atomic E-state index is 0.00866. The Bertz CT molecular complexity index is 1500. The molecule has 4 aliphatic rings. The molecule has 0 radical (unpaired) electrons. The summed E-state index contributed by atoms with van der Waals surface area (Å²) in [6.07, 6.45) is 12.2. The predicted molar refractivity (Wildman–Crippen MR) is 165 cm³/mol. The summed E-state index contributed by atoms with van der Waals surface area (Å²) in [5.74, 6) is 2.63. The maximum absolute atomic E-state index is 11.6. The van der Waals surface area contributed by atoms with Gasteiger partial charge in [-0.15, -0.1) is 0 Å². The van der Waals surface area contributed by atoms with Gasteiger partial charge in [0.05, 0.1) is 11.8 Å². The number of aryl methyl sites for hydroxylation is 1. The lowest BCUT2D eigenvalue weighted by Gasteiger charge is -2.60. The number of carbonyl (C=O) groups is 1. The topological polar surface area (TPSA) is 84.9 Å². The van der Waals surface area contributed by atoms with E-state index >= 15 is 0 Å². The Morgan fingerprint density at radius 2 is 1.78 bits per heavy atom. The van der Waals surface area contributed by atoms with Gasteiger partial charge in [0, 0.05) is 5.41 Å². The second-order valence-electron chi connectivity index (χ2n) is 14.0. The molecule has 216 valence electrons. The Labute approximate surface area is 243 Å². The van der Waals surface area contributed by atoms with Gasteiger partial charge in [-0.3, -0.25) is 4.84 Å². The predicted octanol–water partition coefficient (Wildman–Crippen LogP) is 8.15. The first-order chi connectivity index (χ1) is 19.9. The number of hydrogen-bond donors (Lipinski definition) is 2. The third-order valence-electron chi connectivity index (χ3n) is 12.3. The number of nitrogens with two attached hydrogens (primary N) is 1. The Kier molecular flexibility index (Phi) is 6.84. The van der Waals surface area contributed by atoms with E-state index in [1.54, 1.807) is 0 Å². The molecule has 0 aliphatic heterocycles. The van der Waals surface area contributed by atoms with Crippen LogP contribution in [0.3, 0.4) is 0 Å². The lowest BCUT2D eigenvalue weighted by molar-refractivity contribution is -0.117. The second kappa shape index (κ2) is 10.4. The molecule has 4 aliphatic carbocycles. The lowest BCUT2D eigenvalue weighted by Crippen LogP contribution is -2.54. The van der Waals surface area contributed by atoms with Crippen molar-refractivity contribution >= 4 is 33.3 Å². The summed E-state index contributed by atoms with van der Waals surface area (Å²) in [6.45, 7) is 2.54. The minimum atomic E-state index is -0.818. The number of rotatable bonds is 5. The Hall–Kier alpha value is -2.92. The summed E-state index contributed by atoms with van der Waals surface area (Å²) in [5.41, 5.74) is 8.19. The monoisotopic (exact) mass is 552 g/mol. The third kappa shape index (κ3) is 4.56. The molecule has 4 fully saturated rings. The van der Waals surface area contributed by atoms with Gasteiger partial charge < -0.3 is 10.8 Å². The molecule has 7 rings (SSSR count). The quantitative estimate of drug-likeness (QED) is 0.190. The standard InChI is InChI=1S/C36H44N2O3/c1-35-18-15-28(39)22-27(35)11-12-29-31(35)16-19-36(32(29)13-14-33(36)38-41-34(37)40)17-5-10-23-8-4-9-26-20-24-6-2-3-7-25(24)21-30(23)26/h2-4,6-9,20-21,27-29,31-32,39H,5,10-19,22H2,1H3,(H2,37,40)/t27-,28+,29+,31-,32-,35-,36-/m0/s1. The average molecular weight is 553 g/mol. The number of benzene rings is 3. The molecule has 5 nitrogen and oxygen atoms in total. The van der Waals surface area contributed by atoms with Crippen molar-refractivity contribution in [3.8, 4) is 0 Å². The van der Waals surface area contributed by atoms with E-state index in [0.717, 1.165) is 69.4 Å². The van der Waals surface area contributed by atoms with Crippen molar-refractivity contribution in [1.82, 2.24) is 0 Å². The van der Waals surface area contributed by atoms with Crippen molar-refractivity contribution in [2.24, 2.45) is 45.4 Å². The third-order valence-corrected chi connectivity index (χ3v) is 12.3. The molecule has 0 bridgehead atoms. The van der Waals surface area contributed by atoms with E-state index in [1.165, 1.54) is 46.4 Å². The van der Waals surface area contributed by atoms with E-state index in [9.17, 15) is 9.90 Å². The van der Waals surface area contributed by atoms with Crippen molar-refractivity contribution < 1.29 is 14.7 Å². The van der Waals surface area contributed by atoms with Gasteiger partial charge >= 0.3 is 6.09 Å². The summed E-state index contributed by atoms with van der Waals surface area (Å²) >= 11 is 0. The number of hydrogen-bond acceptors (Lipinski definition) is 4. The molecule has 0 saturated heterocycles. The molecule has 41 heavy (non-hydrogen) atoms. The molecular formula is C36H44N2O3. The first-order valence-corrected chi connectivity index (χ1v) is 16.0. The van der Waals surface area contributed by atoms with E-state index in [0.29, 0.717) is 23.2 Å². The van der Waals surface area contributed by atoms with Gasteiger partial charge in [-0.2, -0.15) is 0 Å². The van der Waals surface area contributed by atoms with Crippen molar-refractivity contribution in [1.29, 1.82) is 0 Å². The largest absolute Gasteiger partial charge is 0.430 e. The highest BCUT2D eigenvalue weighted by molar-refractivity contribution is 5.99. The van der Waals surface area contributed by atoms with E-state index in [1.807, 2.05) is 0 Å². The van der Waals surface area contributed by atoms with Gasteiger partial charge in [0.15, 0.2) is 0 Å². The highest BCUT2D eigenvalue weighted by Gasteiger charge is 2.61. The molecular weight excluding hydrogens is 508 g/mol. The summed E-state index contributed by atoms with van der Waals surface area (Å²) in [6, 6.07) is 20.0. The molecule has 5 heteroatoms. The molecule has 0 unspecified atom stereocenters. The fourth-order valence-electron chi connectivity index (χ4n) is 10.4. The number of carbonyl (C=O) groups excluding carboxylic acids is 1. The molecule has 3 aromatic rings. The van der Waals surface area contributed by atoms with Crippen molar-refractivity contribution in [2.75, 3.05) is 0 Å². The normalized spacial score (nSPS) is 35.7. The maximum Gasteiger partial charge on any atom is 0.430 e. The van der Waals surface area contributed by atoms with Crippen LogP contribution >= 0.6 is 0 Å². The summed E-state index contributed by atoms with van der Waals surface area (Å²) in [5, 5.41) is 20.1.